The summed E-state index contributed by atoms with van der Waals surface area (Å²) in [4.78, 5) is 2.51. The highest BCUT2D eigenvalue weighted by Gasteiger charge is 2.11. The summed E-state index contributed by atoms with van der Waals surface area (Å²) in [6, 6.07) is 0.315. The molecule has 0 aromatic rings. The quantitative estimate of drug-likeness (QED) is 0.269. The predicted octanol–water partition coefficient (Wildman–Crippen LogP) is 0.977. The minimum Gasteiger partial charge on any atom is -0.409 e. The zero-order valence-electron chi connectivity index (χ0n) is 10.9. The molecule has 1 atom stereocenters. The van der Waals surface area contributed by atoms with Crippen LogP contribution in [0.15, 0.2) is 5.16 Å². The van der Waals surface area contributed by atoms with E-state index in [4.69, 9.17) is 10.9 Å². The lowest BCUT2D eigenvalue weighted by atomic mass is 10.1. The molecule has 4 N–H and O–H groups in total. The molecule has 0 amide bonds. The van der Waals surface area contributed by atoms with Crippen LogP contribution in [0.1, 0.15) is 39.0 Å². The van der Waals surface area contributed by atoms with E-state index in [9.17, 15) is 0 Å². The summed E-state index contributed by atoms with van der Waals surface area (Å²) < 4.78 is 0. The maximum absolute atomic E-state index is 8.54. The average Bonchev–Trinajstić information content (AvgIpc) is 2.38. The molecule has 0 saturated carbocycles. The van der Waals surface area contributed by atoms with E-state index in [0.29, 0.717) is 18.3 Å². The number of rotatable bonds is 7. The lowest BCUT2D eigenvalue weighted by Gasteiger charge is -2.27. The molecule has 1 aliphatic heterocycles. The number of nitrogens with two attached hydrogens (primary N) is 1. The first-order valence-electron chi connectivity index (χ1n) is 6.68. The van der Waals surface area contributed by atoms with Crippen LogP contribution >= 0.6 is 0 Å². The first kappa shape index (κ1) is 14.3. The van der Waals surface area contributed by atoms with Gasteiger partial charge in [-0.2, -0.15) is 0 Å². The summed E-state index contributed by atoms with van der Waals surface area (Å²) in [5.74, 6) is 0.308. The molecule has 1 rings (SSSR count). The lowest BCUT2D eigenvalue weighted by molar-refractivity contribution is 0.226. The van der Waals surface area contributed by atoms with Gasteiger partial charge in [0.15, 0.2) is 0 Å². The van der Waals surface area contributed by atoms with Gasteiger partial charge in [0.25, 0.3) is 0 Å². The van der Waals surface area contributed by atoms with Crippen molar-refractivity contribution in [2.45, 2.75) is 45.1 Å². The largest absolute Gasteiger partial charge is 0.409 e. The number of hydrogen-bond acceptors (Lipinski definition) is 4. The van der Waals surface area contributed by atoms with Crippen LogP contribution in [0.2, 0.25) is 0 Å². The van der Waals surface area contributed by atoms with Crippen molar-refractivity contribution in [3.63, 3.8) is 0 Å². The molecule has 1 heterocycles. The fourth-order valence-electron chi connectivity index (χ4n) is 2.26. The summed E-state index contributed by atoms with van der Waals surface area (Å²) >= 11 is 0. The topological polar surface area (TPSA) is 73.9 Å². The molecule has 1 aliphatic rings. The maximum Gasteiger partial charge on any atom is 0.140 e. The molecule has 1 unspecified atom stereocenters. The third-order valence-corrected chi connectivity index (χ3v) is 3.39. The molecule has 0 bridgehead atoms. The number of nitrogens with one attached hydrogen (secondary N) is 1. The molecule has 0 radical (unpaired) electrons. The van der Waals surface area contributed by atoms with Crippen molar-refractivity contribution in [2.24, 2.45) is 10.9 Å². The van der Waals surface area contributed by atoms with Gasteiger partial charge < -0.3 is 21.2 Å². The summed E-state index contributed by atoms with van der Waals surface area (Å²) in [6.07, 6.45) is 5.66. The SMILES string of the molecule is CCC(CC(N)=NO)NCCN1CCCCC1. The van der Waals surface area contributed by atoms with Crippen molar-refractivity contribution < 1.29 is 5.21 Å². The van der Waals surface area contributed by atoms with E-state index < -0.39 is 0 Å². The summed E-state index contributed by atoms with van der Waals surface area (Å²) in [6.45, 7) is 6.67. The van der Waals surface area contributed by atoms with Gasteiger partial charge in [0.1, 0.15) is 5.84 Å². The molecule has 100 valence electrons. The molecule has 0 aromatic heterocycles. The van der Waals surface area contributed by atoms with Crippen molar-refractivity contribution in [1.29, 1.82) is 0 Å². The second-order valence-electron chi connectivity index (χ2n) is 4.76. The predicted molar refractivity (Wildman–Crippen MR) is 70.4 cm³/mol. The van der Waals surface area contributed by atoms with Gasteiger partial charge in [-0.25, -0.2) is 0 Å². The highest BCUT2D eigenvalue weighted by Crippen LogP contribution is 2.07. The second kappa shape index (κ2) is 8.31. The molecular weight excluding hydrogens is 216 g/mol. The van der Waals surface area contributed by atoms with Gasteiger partial charge in [0, 0.05) is 25.6 Å². The average molecular weight is 242 g/mol. The number of piperidine rings is 1. The number of hydrogen-bond donors (Lipinski definition) is 3. The van der Waals surface area contributed by atoms with Crippen LogP contribution in [-0.4, -0.2) is 48.2 Å². The highest BCUT2D eigenvalue weighted by molar-refractivity contribution is 5.80. The van der Waals surface area contributed by atoms with Gasteiger partial charge in [-0.15, -0.1) is 0 Å². The van der Waals surface area contributed by atoms with Crippen molar-refractivity contribution in [3.05, 3.63) is 0 Å². The maximum atomic E-state index is 8.54. The van der Waals surface area contributed by atoms with E-state index in [1.54, 1.807) is 0 Å². The third kappa shape index (κ3) is 5.89. The Kier molecular flexibility index (Phi) is 6.96. The van der Waals surface area contributed by atoms with Gasteiger partial charge in [-0.05, 0) is 32.4 Å². The number of likely N-dealkylation sites (tertiary alicyclic amines) is 1. The molecule has 0 aromatic carbocycles. The minimum atomic E-state index is 0.308. The van der Waals surface area contributed by atoms with Gasteiger partial charge in [-0.1, -0.05) is 18.5 Å². The van der Waals surface area contributed by atoms with Crippen molar-refractivity contribution >= 4 is 5.84 Å². The van der Waals surface area contributed by atoms with Crippen LogP contribution in [0.3, 0.4) is 0 Å². The van der Waals surface area contributed by atoms with Gasteiger partial charge in [0.2, 0.25) is 0 Å². The lowest BCUT2D eigenvalue weighted by Crippen LogP contribution is -2.40. The molecule has 1 fully saturated rings. The van der Waals surface area contributed by atoms with Crippen LogP contribution in [0.5, 0.6) is 0 Å². The molecule has 0 aliphatic carbocycles. The molecule has 0 spiro atoms. The Balaban J connectivity index is 2.14. The Morgan fingerprint density at radius 2 is 2.12 bits per heavy atom. The molecule has 1 saturated heterocycles. The van der Waals surface area contributed by atoms with Crippen LogP contribution < -0.4 is 11.1 Å². The van der Waals surface area contributed by atoms with Gasteiger partial charge in [0.05, 0.1) is 0 Å². The van der Waals surface area contributed by atoms with Crippen LogP contribution in [0.4, 0.5) is 0 Å². The summed E-state index contributed by atoms with van der Waals surface area (Å²) in [5, 5.41) is 15.0. The Morgan fingerprint density at radius 3 is 2.71 bits per heavy atom. The number of amidine groups is 1. The Bertz CT molecular complexity index is 227. The van der Waals surface area contributed by atoms with Crippen molar-refractivity contribution in [1.82, 2.24) is 10.2 Å². The first-order valence-corrected chi connectivity index (χ1v) is 6.68. The minimum absolute atomic E-state index is 0.308. The van der Waals surface area contributed by atoms with Crippen LogP contribution in [-0.2, 0) is 0 Å². The van der Waals surface area contributed by atoms with Gasteiger partial charge in [-0.3, -0.25) is 0 Å². The third-order valence-electron chi connectivity index (χ3n) is 3.39. The number of nitrogens with zero attached hydrogens (tertiary/aromatic N) is 2. The van der Waals surface area contributed by atoms with E-state index in [2.05, 4.69) is 22.3 Å². The fraction of sp³-hybridized carbons (Fsp3) is 0.917. The zero-order valence-corrected chi connectivity index (χ0v) is 10.9. The van der Waals surface area contributed by atoms with Crippen LogP contribution in [0.25, 0.3) is 0 Å². The van der Waals surface area contributed by atoms with E-state index >= 15 is 0 Å². The molecular formula is C12H26N4O. The van der Waals surface area contributed by atoms with E-state index in [-0.39, 0.29) is 0 Å². The second-order valence-corrected chi connectivity index (χ2v) is 4.76. The van der Waals surface area contributed by atoms with E-state index in [1.807, 2.05) is 0 Å². The summed E-state index contributed by atoms with van der Waals surface area (Å²) in [5.41, 5.74) is 5.51. The number of oxime groups is 1. The molecule has 5 heteroatoms. The van der Waals surface area contributed by atoms with E-state index in [1.165, 1.54) is 32.4 Å². The summed E-state index contributed by atoms with van der Waals surface area (Å²) in [7, 11) is 0. The van der Waals surface area contributed by atoms with E-state index in [0.717, 1.165) is 19.5 Å². The normalized spacial score (nSPS) is 20.4. The van der Waals surface area contributed by atoms with Crippen molar-refractivity contribution in [3.8, 4) is 0 Å². The smallest absolute Gasteiger partial charge is 0.140 e. The first-order chi connectivity index (χ1) is 8.26. The van der Waals surface area contributed by atoms with Crippen LogP contribution in [0, 0.1) is 0 Å². The Hall–Kier alpha value is -0.810. The Morgan fingerprint density at radius 1 is 1.41 bits per heavy atom. The fourth-order valence-corrected chi connectivity index (χ4v) is 2.26. The van der Waals surface area contributed by atoms with Crippen molar-refractivity contribution in [2.75, 3.05) is 26.2 Å². The monoisotopic (exact) mass is 242 g/mol. The molecule has 17 heavy (non-hydrogen) atoms. The van der Waals surface area contributed by atoms with Gasteiger partial charge >= 0.3 is 0 Å². The standard InChI is InChI=1S/C12H26N4O/c1-2-11(10-12(13)15-17)14-6-9-16-7-4-3-5-8-16/h11,14,17H,2-10H2,1H3,(H2,13,15). The Labute approximate surface area is 104 Å². The molecule has 5 nitrogen and oxygen atoms in total. The highest BCUT2D eigenvalue weighted by atomic mass is 16.4. The zero-order chi connectivity index (χ0) is 12.5.